The summed E-state index contributed by atoms with van der Waals surface area (Å²) in [6, 6.07) is 53.1. The van der Waals surface area contributed by atoms with Crippen LogP contribution in [0, 0.1) is 6.92 Å². The van der Waals surface area contributed by atoms with Gasteiger partial charge in [-0.15, -0.1) is 4.57 Å². The van der Waals surface area contributed by atoms with E-state index in [9.17, 15) is 4.79 Å². The van der Waals surface area contributed by atoms with Crippen molar-refractivity contribution >= 4 is 16.7 Å². The largest absolute Gasteiger partial charge is 0.409 e. The number of aromatic nitrogens is 3. The highest BCUT2D eigenvalue weighted by Crippen LogP contribution is 2.43. The van der Waals surface area contributed by atoms with Crippen LogP contribution in [-0.2, 0) is 11.8 Å². The number of carbonyl (C=O) groups is 1. The number of benzene rings is 5. The zero-order valence-electron chi connectivity index (χ0n) is 28.8. The molecule has 0 N–H and O–H groups in total. The molecule has 3 aromatic heterocycles. The van der Waals surface area contributed by atoms with Crippen molar-refractivity contribution < 1.29 is 23.2 Å². The fourth-order valence-electron chi connectivity index (χ4n) is 8.06. The van der Waals surface area contributed by atoms with E-state index in [2.05, 4.69) is 167 Å². The smallest absolute Gasteiger partial charge is 0.390 e. The van der Waals surface area contributed by atoms with Gasteiger partial charge in [0.25, 0.3) is 5.69 Å². The SMILES string of the molecule is Cc1ccc(-c2cc3[n+]4c(c2)-c2ccccc2C(OC3=O)[n+]2ccccc2-c2cc(-c3ccccc3)cc(-c3c5ccccc5cc[n+]3C)c2-4)cc1. The summed E-state index contributed by atoms with van der Waals surface area (Å²) in [6.07, 6.45) is 3.46. The molecule has 0 amide bonds. The second-order valence-electron chi connectivity index (χ2n) is 13.7. The Morgan fingerprint density at radius 3 is 2.12 bits per heavy atom. The van der Waals surface area contributed by atoms with Crippen molar-refractivity contribution in [3.05, 3.63) is 181 Å². The van der Waals surface area contributed by atoms with Gasteiger partial charge in [-0.2, -0.15) is 4.57 Å². The Morgan fingerprint density at radius 2 is 1.25 bits per heavy atom. The number of hydrogen-bond acceptors (Lipinski definition) is 2. The van der Waals surface area contributed by atoms with Crippen LogP contribution in [0.2, 0.25) is 0 Å². The summed E-state index contributed by atoms with van der Waals surface area (Å²) in [5.41, 5.74) is 13.6. The zero-order valence-corrected chi connectivity index (χ0v) is 28.8. The van der Waals surface area contributed by atoms with Crippen LogP contribution in [0.1, 0.15) is 27.8 Å². The van der Waals surface area contributed by atoms with Crippen molar-refractivity contribution in [3.63, 3.8) is 0 Å². The van der Waals surface area contributed by atoms with Crippen LogP contribution in [0.5, 0.6) is 0 Å². The van der Waals surface area contributed by atoms with E-state index < -0.39 is 6.23 Å². The van der Waals surface area contributed by atoms with Gasteiger partial charge in [-0.25, -0.2) is 9.36 Å². The molecule has 8 aromatic rings. The highest BCUT2D eigenvalue weighted by atomic mass is 16.6. The topological polar surface area (TPSA) is 37.9 Å². The zero-order chi connectivity index (χ0) is 34.9. The summed E-state index contributed by atoms with van der Waals surface area (Å²) in [5.74, 6) is -0.384. The van der Waals surface area contributed by atoms with Gasteiger partial charge >= 0.3 is 12.2 Å². The summed E-state index contributed by atoms with van der Waals surface area (Å²) >= 11 is 0. The molecule has 5 heterocycles. The molecular formula is C47H34N3O2+3. The average molecular weight is 673 g/mol. The summed E-state index contributed by atoms with van der Waals surface area (Å²) in [5, 5.41) is 2.26. The maximum absolute atomic E-state index is 14.8. The number of rotatable bonds is 3. The first-order valence-corrected chi connectivity index (χ1v) is 17.6. The molecule has 5 aromatic carbocycles. The van der Waals surface area contributed by atoms with Gasteiger partial charge in [-0.3, -0.25) is 0 Å². The Kier molecular flexibility index (Phi) is 6.77. The molecular weight excluding hydrogens is 639 g/mol. The van der Waals surface area contributed by atoms with Gasteiger partial charge in [0.15, 0.2) is 12.4 Å². The molecule has 0 aliphatic carbocycles. The summed E-state index contributed by atoms with van der Waals surface area (Å²) in [7, 11) is 2.10. The molecule has 52 heavy (non-hydrogen) atoms. The van der Waals surface area contributed by atoms with E-state index in [0.717, 1.165) is 78.0 Å². The van der Waals surface area contributed by atoms with Crippen LogP contribution >= 0.6 is 0 Å². The minimum atomic E-state index is -0.696. The highest BCUT2D eigenvalue weighted by molar-refractivity contribution is 5.98. The van der Waals surface area contributed by atoms with Gasteiger partial charge < -0.3 is 4.74 Å². The van der Waals surface area contributed by atoms with Crippen LogP contribution in [-0.4, -0.2) is 5.97 Å². The lowest BCUT2D eigenvalue weighted by Gasteiger charge is -2.20. The van der Waals surface area contributed by atoms with E-state index in [0.29, 0.717) is 5.69 Å². The van der Waals surface area contributed by atoms with Gasteiger partial charge in [0.1, 0.15) is 18.2 Å². The summed E-state index contributed by atoms with van der Waals surface area (Å²) < 4.78 is 13.1. The predicted molar refractivity (Wildman–Crippen MR) is 202 cm³/mol. The Labute approximate surface area is 301 Å². The van der Waals surface area contributed by atoms with Crippen molar-refractivity contribution in [2.24, 2.45) is 7.05 Å². The van der Waals surface area contributed by atoms with Crippen molar-refractivity contribution in [3.8, 4) is 61.7 Å². The second-order valence-corrected chi connectivity index (χ2v) is 13.7. The number of pyridine rings is 3. The van der Waals surface area contributed by atoms with E-state index in [1.54, 1.807) is 0 Å². The molecule has 10 rings (SSSR count). The summed E-state index contributed by atoms with van der Waals surface area (Å²) in [4.78, 5) is 14.8. The number of aryl methyl sites for hydroxylation is 2. The van der Waals surface area contributed by atoms with Crippen LogP contribution in [0.25, 0.3) is 72.5 Å². The standard InChI is InChI=1S/C47H34N3O2/c1-30-19-21-32(22-20-30)35-28-42-37-16-8-9-17-38(37)46-49-24-11-10-18-41(49)39-26-34(31-12-4-3-5-13-31)27-40(45(39)50(42)43(29-35)47(51)52-46)44-36-15-7-6-14-33(36)23-25-48(44)2/h3-29,46H,1-2H3/q+3. The fraction of sp³-hybridized carbons (Fsp3) is 0.0638. The van der Waals surface area contributed by atoms with E-state index in [4.69, 9.17) is 4.74 Å². The number of fused-ring (bicyclic) bond motifs is 5. The minimum absolute atomic E-state index is 0.384. The lowest BCUT2D eigenvalue weighted by atomic mass is 9.91. The van der Waals surface area contributed by atoms with E-state index in [1.165, 1.54) is 5.56 Å². The molecule has 0 radical (unpaired) electrons. The lowest BCUT2D eigenvalue weighted by Crippen LogP contribution is -2.46. The van der Waals surface area contributed by atoms with E-state index in [-0.39, 0.29) is 5.97 Å². The van der Waals surface area contributed by atoms with Crippen LogP contribution in [0.4, 0.5) is 0 Å². The third-order valence-electron chi connectivity index (χ3n) is 10.5. The Bertz CT molecular complexity index is 2750. The average Bonchev–Trinajstić information content (AvgIpc) is 3.26. The van der Waals surface area contributed by atoms with Crippen LogP contribution in [0.15, 0.2) is 164 Å². The van der Waals surface area contributed by atoms with Crippen molar-refractivity contribution in [1.82, 2.24) is 0 Å². The Morgan fingerprint density at radius 1 is 0.558 bits per heavy atom. The number of hydrogen-bond donors (Lipinski definition) is 0. The van der Waals surface area contributed by atoms with Crippen molar-refractivity contribution in [2.45, 2.75) is 13.2 Å². The molecule has 0 fully saturated rings. The number of esters is 1. The fourth-order valence-corrected chi connectivity index (χ4v) is 8.06. The number of nitrogens with zero attached hydrogens (tertiary/aromatic N) is 3. The van der Waals surface area contributed by atoms with E-state index >= 15 is 0 Å². The van der Waals surface area contributed by atoms with Crippen molar-refractivity contribution in [2.75, 3.05) is 0 Å². The lowest BCUT2D eigenvalue weighted by molar-refractivity contribution is -0.736. The maximum atomic E-state index is 14.8. The van der Waals surface area contributed by atoms with Gasteiger partial charge in [-0.1, -0.05) is 90.5 Å². The molecule has 246 valence electrons. The van der Waals surface area contributed by atoms with Crippen LogP contribution < -0.4 is 13.7 Å². The van der Waals surface area contributed by atoms with Crippen LogP contribution in [0.3, 0.4) is 0 Å². The third kappa shape index (κ3) is 4.63. The monoisotopic (exact) mass is 672 g/mol. The summed E-state index contributed by atoms with van der Waals surface area (Å²) in [6.45, 7) is 2.09. The van der Waals surface area contributed by atoms with Gasteiger partial charge in [0.05, 0.1) is 16.5 Å². The Balaban J connectivity index is 1.45. The molecule has 5 heteroatoms. The predicted octanol–water partition coefficient (Wildman–Crippen LogP) is 8.90. The molecule has 2 aliphatic rings. The third-order valence-corrected chi connectivity index (χ3v) is 10.5. The van der Waals surface area contributed by atoms with Gasteiger partial charge in [-0.05, 0) is 71.0 Å². The molecule has 0 saturated carbocycles. The van der Waals surface area contributed by atoms with E-state index in [1.807, 2.05) is 24.4 Å². The molecule has 0 spiro atoms. The molecule has 2 aliphatic heterocycles. The second kappa shape index (κ2) is 11.7. The normalized spacial score (nSPS) is 14.0. The first-order chi connectivity index (χ1) is 25.5. The maximum Gasteiger partial charge on any atom is 0.409 e. The van der Waals surface area contributed by atoms with Gasteiger partial charge in [0.2, 0.25) is 22.8 Å². The number of ether oxygens (including phenoxy) is 1. The molecule has 0 saturated heterocycles. The molecule has 1 atom stereocenters. The molecule has 5 nitrogen and oxygen atoms in total. The minimum Gasteiger partial charge on any atom is -0.390 e. The quantitative estimate of drug-likeness (QED) is 0.139. The first kappa shape index (κ1) is 30.1. The highest BCUT2D eigenvalue weighted by Gasteiger charge is 2.46. The molecule has 4 bridgehead atoms. The van der Waals surface area contributed by atoms with Crippen molar-refractivity contribution in [1.29, 1.82) is 0 Å². The molecule has 1 unspecified atom stereocenters. The van der Waals surface area contributed by atoms with Gasteiger partial charge in [0, 0.05) is 30.3 Å². The Hall–Kier alpha value is -6.72. The number of carbonyl (C=O) groups excluding carboxylic acids is 1. The first-order valence-electron chi connectivity index (χ1n) is 17.6.